The summed E-state index contributed by atoms with van der Waals surface area (Å²) in [6, 6.07) is 10.6. The molecule has 0 atom stereocenters. The Hall–Kier alpha value is -3.75. The highest BCUT2D eigenvalue weighted by atomic mass is 16.5. The number of benzene rings is 1. The summed E-state index contributed by atoms with van der Waals surface area (Å²) in [6.07, 6.45) is 1.73. The zero-order valence-electron chi connectivity index (χ0n) is 18.3. The van der Waals surface area contributed by atoms with Crippen LogP contribution in [0.2, 0.25) is 0 Å². The monoisotopic (exact) mass is 435 g/mol. The van der Waals surface area contributed by atoms with Crippen LogP contribution in [-0.2, 0) is 4.74 Å². The van der Waals surface area contributed by atoms with Gasteiger partial charge in [-0.1, -0.05) is 31.1 Å². The van der Waals surface area contributed by atoms with Gasteiger partial charge < -0.3 is 19.1 Å². The third kappa shape index (κ3) is 4.32. The minimum atomic E-state index is -0.515. The first-order valence-electron chi connectivity index (χ1n) is 10.5. The first kappa shape index (κ1) is 21.5. The van der Waals surface area contributed by atoms with Gasteiger partial charge in [-0.3, -0.25) is 4.79 Å². The minimum Gasteiger partial charge on any atom is -0.465 e. The van der Waals surface area contributed by atoms with Crippen LogP contribution in [0.3, 0.4) is 0 Å². The van der Waals surface area contributed by atoms with E-state index in [4.69, 9.17) is 9.26 Å². The van der Waals surface area contributed by atoms with Gasteiger partial charge in [-0.15, -0.1) is 0 Å². The van der Waals surface area contributed by atoms with E-state index in [9.17, 15) is 9.59 Å². The van der Waals surface area contributed by atoms with Crippen molar-refractivity contribution in [3.05, 3.63) is 59.6 Å². The van der Waals surface area contributed by atoms with Crippen LogP contribution in [0.15, 0.2) is 47.1 Å². The maximum Gasteiger partial charge on any atom is 0.338 e. The van der Waals surface area contributed by atoms with Crippen LogP contribution in [0.25, 0.3) is 11.4 Å². The fourth-order valence-corrected chi connectivity index (χ4v) is 3.56. The highest BCUT2D eigenvalue weighted by Gasteiger charge is 2.26. The highest BCUT2D eigenvalue weighted by Crippen LogP contribution is 2.22. The van der Waals surface area contributed by atoms with E-state index in [1.54, 1.807) is 35.4 Å². The lowest BCUT2D eigenvalue weighted by Gasteiger charge is -2.35. The number of anilines is 1. The summed E-state index contributed by atoms with van der Waals surface area (Å²) >= 11 is 0. The van der Waals surface area contributed by atoms with E-state index in [1.807, 2.05) is 26.0 Å². The number of rotatable bonds is 5. The van der Waals surface area contributed by atoms with Gasteiger partial charge in [0.25, 0.3) is 5.91 Å². The standard InChI is InChI=1S/C23H25N5O4/c1-15(2)21-25-20(26-32-21)16-8-9-19(24-14-16)27-10-12-28(13-11-27)22(29)17-6-4-5-7-18(17)23(30)31-3/h4-9,14-15H,10-13H2,1-3H3. The smallest absolute Gasteiger partial charge is 0.338 e. The number of hydrogen-bond acceptors (Lipinski definition) is 8. The van der Waals surface area contributed by atoms with Crippen LogP contribution in [0.4, 0.5) is 5.82 Å². The summed E-state index contributed by atoms with van der Waals surface area (Å²) < 4.78 is 10.1. The van der Waals surface area contributed by atoms with E-state index in [0.717, 1.165) is 11.4 Å². The molecule has 0 radical (unpaired) electrons. The second-order valence-corrected chi connectivity index (χ2v) is 7.83. The number of carbonyl (C=O) groups excluding carboxylic acids is 2. The molecule has 1 amide bonds. The molecule has 1 aromatic carbocycles. The van der Waals surface area contributed by atoms with Crippen LogP contribution in [-0.4, -0.2) is 65.2 Å². The van der Waals surface area contributed by atoms with Crippen molar-refractivity contribution in [3.8, 4) is 11.4 Å². The quantitative estimate of drug-likeness (QED) is 0.564. The third-order valence-corrected chi connectivity index (χ3v) is 5.40. The minimum absolute atomic E-state index is 0.169. The number of hydrogen-bond donors (Lipinski definition) is 0. The number of esters is 1. The van der Waals surface area contributed by atoms with Crippen molar-refractivity contribution in [3.63, 3.8) is 0 Å². The molecule has 32 heavy (non-hydrogen) atoms. The third-order valence-electron chi connectivity index (χ3n) is 5.40. The second kappa shape index (κ2) is 9.17. The summed E-state index contributed by atoms with van der Waals surface area (Å²) in [5.41, 5.74) is 1.43. The summed E-state index contributed by atoms with van der Waals surface area (Å²) in [6.45, 7) is 6.32. The molecule has 1 aliphatic rings. The Balaban J connectivity index is 1.41. The van der Waals surface area contributed by atoms with Gasteiger partial charge in [0.2, 0.25) is 11.7 Å². The highest BCUT2D eigenvalue weighted by molar-refractivity contribution is 6.05. The molecule has 1 aliphatic heterocycles. The lowest BCUT2D eigenvalue weighted by Crippen LogP contribution is -2.49. The van der Waals surface area contributed by atoms with E-state index >= 15 is 0 Å². The molecule has 0 spiro atoms. The van der Waals surface area contributed by atoms with E-state index in [-0.39, 0.29) is 17.4 Å². The predicted molar refractivity (Wildman–Crippen MR) is 118 cm³/mol. The summed E-state index contributed by atoms with van der Waals surface area (Å²) in [5, 5.41) is 4.02. The lowest BCUT2D eigenvalue weighted by atomic mass is 10.1. The molecule has 0 bridgehead atoms. The van der Waals surface area contributed by atoms with Gasteiger partial charge in [0.05, 0.1) is 18.2 Å². The Morgan fingerprint density at radius 3 is 2.34 bits per heavy atom. The molecular weight excluding hydrogens is 410 g/mol. The predicted octanol–water partition coefficient (Wildman–Crippen LogP) is 3.00. The number of carbonyl (C=O) groups is 2. The number of amides is 1. The van der Waals surface area contributed by atoms with Crippen LogP contribution < -0.4 is 4.90 Å². The van der Waals surface area contributed by atoms with Gasteiger partial charge in [0.15, 0.2) is 0 Å². The maximum absolute atomic E-state index is 13.0. The Morgan fingerprint density at radius 1 is 1.03 bits per heavy atom. The lowest BCUT2D eigenvalue weighted by molar-refractivity contribution is 0.0589. The van der Waals surface area contributed by atoms with Crippen molar-refractivity contribution in [2.45, 2.75) is 19.8 Å². The van der Waals surface area contributed by atoms with E-state index in [0.29, 0.717) is 43.5 Å². The van der Waals surface area contributed by atoms with E-state index < -0.39 is 5.97 Å². The largest absolute Gasteiger partial charge is 0.465 e. The van der Waals surface area contributed by atoms with Crippen LogP contribution in [0.1, 0.15) is 46.4 Å². The molecule has 1 saturated heterocycles. The topological polar surface area (TPSA) is 102 Å². The van der Waals surface area contributed by atoms with E-state index in [2.05, 4.69) is 20.0 Å². The number of aromatic nitrogens is 3. The van der Waals surface area contributed by atoms with Gasteiger partial charge in [-0.2, -0.15) is 4.98 Å². The van der Waals surface area contributed by atoms with E-state index in [1.165, 1.54) is 7.11 Å². The zero-order valence-corrected chi connectivity index (χ0v) is 18.3. The molecule has 0 unspecified atom stereocenters. The molecule has 3 heterocycles. The molecule has 2 aromatic heterocycles. The average Bonchev–Trinajstić information content (AvgIpc) is 3.34. The van der Waals surface area contributed by atoms with Gasteiger partial charge >= 0.3 is 5.97 Å². The van der Waals surface area contributed by atoms with Crippen molar-refractivity contribution in [1.29, 1.82) is 0 Å². The van der Waals surface area contributed by atoms with Gasteiger partial charge in [0.1, 0.15) is 5.82 Å². The molecule has 0 N–H and O–H groups in total. The molecule has 166 valence electrons. The Morgan fingerprint density at radius 2 is 1.75 bits per heavy atom. The van der Waals surface area contributed by atoms with Gasteiger partial charge in [-0.05, 0) is 24.3 Å². The fourth-order valence-electron chi connectivity index (χ4n) is 3.56. The van der Waals surface area contributed by atoms with Crippen molar-refractivity contribution in [2.75, 3.05) is 38.2 Å². The maximum atomic E-state index is 13.0. The van der Waals surface area contributed by atoms with Crippen LogP contribution in [0.5, 0.6) is 0 Å². The molecule has 9 nitrogen and oxygen atoms in total. The second-order valence-electron chi connectivity index (χ2n) is 7.83. The normalized spacial score (nSPS) is 14.0. The number of methoxy groups -OCH3 is 1. The molecular formula is C23H25N5O4. The Labute approximate surface area is 186 Å². The molecule has 9 heteroatoms. The van der Waals surface area contributed by atoms with Crippen molar-refractivity contribution in [2.24, 2.45) is 0 Å². The van der Waals surface area contributed by atoms with Crippen molar-refractivity contribution < 1.29 is 18.8 Å². The molecule has 4 rings (SSSR count). The van der Waals surface area contributed by atoms with Gasteiger partial charge in [0, 0.05) is 43.9 Å². The zero-order chi connectivity index (χ0) is 22.7. The number of nitrogens with zero attached hydrogens (tertiary/aromatic N) is 5. The van der Waals surface area contributed by atoms with Crippen LogP contribution in [0, 0.1) is 0 Å². The number of pyridine rings is 1. The number of ether oxygens (including phenoxy) is 1. The fraction of sp³-hybridized carbons (Fsp3) is 0.348. The van der Waals surface area contributed by atoms with Crippen molar-refractivity contribution >= 4 is 17.7 Å². The van der Waals surface area contributed by atoms with Crippen LogP contribution >= 0.6 is 0 Å². The first-order chi connectivity index (χ1) is 15.5. The molecule has 0 saturated carbocycles. The molecule has 1 fully saturated rings. The average molecular weight is 435 g/mol. The van der Waals surface area contributed by atoms with Gasteiger partial charge in [-0.25, -0.2) is 9.78 Å². The number of piperazine rings is 1. The summed E-state index contributed by atoms with van der Waals surface area (Å²) in [5.74, 6) is 1.42. The Kier molecular flexibility index (Phi) is 6.16. The Bertz CT molecular complexity index is 1100. The van der Waals surface area contributed by atoms with Crippen molar-refractivity contribution in [1.82, 2.24) is 20.0 Å². The SMILES string of the molecule is COC(=O)c1ccccc1C(=O)N1CCN(c2ccc(-c3noc(C(C)C)n3)cn2)CC1. The first-order valence-corrected chi connectivity index (χ1v) is 10.5. The molecule has 3 aromatic rings. The molecule has 0 aliphatic carbocycles. The summed E-state index contributed by atoms with van der Waals surface area (Å²) in [4.78, 5) is 37.8. The summed E-state index contributed by atoms with van der Waals surface area (Å²) in [7, 11) is 1.31.